The third-order valence-corrected chi connectivity index (χ3v) is 4.49. The molecule has 1 fully saturated rings. The van der Waals surface area contributed by atoms with Crippen molar-refractivity contribution in [1.82, 2.24) is 4.90 Å². The Hall–Kier alpha value is -0.390. The molecule has 0 spiro atoms. The lowest BCUT2D eigenvalue weighted by molar-refractivity contribution is -0.284. The first kappa shape index (κ1) is 19.7. The fraction of sp³-hybridized carbons (Fsp3) is 1.00. The molecule has 1 nitrogen and oxygen atoms in total. The molecule has 132 valence electrons. The van der Waals surface area contributed by atoms with Crippen LogP contribution < -0.4 is 0 Å². The molecule has 1 aliphatic heterocycles. The van der Waals surface area contributed by atoms with Crippen molar-refractivity contribution in [2.24, 2.45) is 0 Å². The van der Waals surface area contributed by atoms with E-state index in [2.05, 4.69) is 11.8 Å². The Labute approximate surface area is 130 Å². The highest BCUT2D eigenvalue weighted by Gasteiger charge is 2.56. The number of unbranched alkanes of at least 4 members (excludes halogenated alkanes) is 4. The van der Waals surface area contributed by atoms with E-state index < -0.39 is 18.5 Å². The van der Waals surface area contributed by atoms with Gasteiger partial charge in [0.1, 0.15) is 0 Å². The van der Waals surface area contributed by atoms with Crippen LogP contribution in [0.5, 0.6) is 0 Å². The number of rotatable bonds is 10. The maximum atomic E-state index is 12.8. The highest BCUT2D eigenvalue weighted by molar-refractivity contribution is 4.79. The largest absolute Gasteiger partial charge is 0.453 e. The van der Waals surface area contributed by atoms with Gasteiger partial charge in [0.2, 0.25) is 0 Å². The Bertz CT molecular complexity index is 303. The van der Waals surface area contributed by atoms with E-state index in [4.69, 9.17) is 0 Å². The molecular weight excluding hydrogens is 301 g/mol. The molecule has 6 heteroatoms. The van der Waals surface area contributed by atoms with Gasteiger partial charge in [-0.2, -0.15) is 22.0 Å². The fourth-order valence-corrected chi connectivity index (χ4v) is 3.13. The lowest BCUT2D eigenvalue weighted by atomic mass is 10.0. The average molecular weight is 329 g/mol. The van der Waals surface area contributed by atoms with Crippen LogP contribution in [0, 0.1) is 0 Å². The Morgan fingerprint density at radius 3 is 2.32 bits per heavy atom. The Kier molecular flexibility index (Phi) is 8.08. The van der Waals surface area contributed by atoms with Crippen molar-refractivity contribution in [1.29, 1.82) is 0 Å². The number of hydrogen-bond acceptors (Lipinski definition) is 1. The van der Waals surface area contributed by atoms with Crippen molar-refractivity contribution in [3.8, 4) is 0 Å². The molecule has 22 heavy (non-hydrogen) atoms. The van der Waals surface area contributed by atoms with E-state index in [0.29, 0.717) is 12.5 Å². The van der Waals surface area contributed by atoms with Gasteiger partial charge in [-0.1, -0.05) is 32.6 Å². The van der Waals surface area contributed by atoms with Gasteiger partial charge in [0.05, 0.1) is 0 Å². The van der Waals surface area contributed by atoms with Crippen molar-refractivity contribution in [3.63, 3.8) is 0 Å². The molecule has 1 unspecified atom stereocenters. The van der Waals surface area contributed by atoms with E-state index in [-0.39, 0.29) is 6.42 Å². The van der Waals surface area contributed by atoms with Gasteiger partial charge in [0.25, 0.3) is 0 Å². The normalized spacial score (nSPS) is 20.7. The van der Waals surface area contributed by atoms with Crippen molar-refractivity contribution in [2.75, 3.05) is 13.1 Å². The van der Waals surface area contributed by atoms with Crippen LogP contribution in [-0.4, -0.2) is 36.1 Å². The van der Waals surface area contributed by atoms with Gasteiger partial charge < -0.3 is 4.90 Å². The van der Waals surface area contributed by atoms with Crippen LogP contribution in [0.15, 0.2) is 0 Å². The number of nitrogens with zero attached hydrogens (tertiary/aromatic N) is 1. The van der Waals surface area contributed by atoms with Crippen molar-refractivity contribution in [2.45, 2.75) is 89.3 Å². The SMILES string of the molecule is CCCCCN1CCCC1CCCCCC(F)(F)C(F)(F)F. The predicted octanol–water partition coefficient (Wildman–Crippen LogP) is 5.79. The topological polar surface area (TPSA) is 3.24 Å². The van der Waals surface area contributed by atoms with E-state index in [1.807, 2.05) is 0 Å². The third-order valence-electron chi connectivity index (χ3n) is 4.49. The molecule has 0 aliphatic carbocycles. The summed E-state index contributed by atoms with van der Waals surface area (Å²) in [6.07, 6.45) is 1.45. The minimum Gasteiger partial charge on any atom is -0.300 e. The highest BCUT2D eigenvalue weighted by Crippen LogP contribution is 2.39. The number of alkyl halides is 5. The van der Waals surface area contributed by atoms with Crippen LogP contribution in [0.25, 0.3) is 0 Å². The van der Waals surface area contributed by atoms with Crippen LogP contribution >= 0.6 is 0 Å². The maximum absolute atomic E-state index is 12.8. The predicted molar refractivity (Wildman–Crippen MR) is 78.2 cm³/mol. The first-order valence-corrected chi connectivity index (χ1v) is 8.46. The highest BCUT2D eigenvalue weighted by atomic mass is 19.4. The second-order valence-electron chi connectivity index (χ2n) is 6.34. The quantitative estimate of drug-likeness (QED) is 0.362. The lowest BCUT2D eigenvalue weighted by Crippen LogP contribution is -2.36. The smallest absolute Gasteiger partial charge is 0.300 e. The second kappa shape index (κ2) is 9.04. The van der Waals surface area contributed by atoms with E-state index in [9.17, 15) is 22.0 Å². The van der Waals surface area contributed by atoms with E-state index >= 15 is 0 Å². The van der Waals surface area contributed by atoms with Crippen LogP contribution in [0.3, 0.4) is 0 Å². The number of hydrogen-bond donors (Lipinski definition) is 0. The monoisotopic (exact) mass is 329 g/mol. The first-order valence-electron chi connectivity index (χ1n) is 8.46. The molecule has 1 aliphatic rings. The zero-order valence-corrected chi connectivity index (χ0v) is 13.4. The Morgan fingerprint density at radius 2 is 1.68 bits per heavy atom. The Balaban J connectivity index is 2.16. The van der Waals surface area contributed by atoms with Crippen molar-refractivity contribution < 1.29 is 22.0 Å². The summed E-state index contributed by atoms with van der Waals surface area (Å²) >= 11 is 0. The van der Waals surface area contributed by atoms with Gasteiger partial charge in [-0.05, 0) is 45.2 Å². The van der Waals surface area contributed by atoms with Crippen LogP contribution in [-0.2, 0) is 0 Å². The summed E-state index contributed by atoms with van der Waals surface area (Å²) in [6.45, 7) is 4.35. The molecular formula is C16H28F5N. The summed E-state index contributed by atoms with van der Waals surface area (Å²) in [7, 11) is 0. The summed E-state index contributed by atoms with van der Waals surface area (Å²) in [4.78, 5) is 2.46. The van der Waals surface area contributed by atoms with Gasteiger partial charge >= 0.3 is 12.1 Å². The first-order chi connectivity index (χ1) is 10.3. The molecule has 0 bridgehead atoms. The minimum atomic E-state index is -5.41. The van der Waals surface area contributed by atoms with Gasteiger partial charge in [0, 0.05) is 12.5 Å². The summed E-state index contributed by atoms with van der Waals surface area (Å²) < 4.78 is 61.6. The molecule has 0 amide bonds. The molecule has 0 aromatic heterocycles. The third kappa shape index (κ3) is 6.39. The molecule has 1 saturated heterocycles. The molecule has 1 rings (SSSR count). The summed E-state index contributed by atoms with van der Waals surface area (Å²) in [6, 6.07) is 0.500. The average Bonchev–Trinajstić information content (AvgIpc) is 2.85. The zero-order valence-electron chi connectivity index (χ0n) is 13.4. The summed E-state index contributed by atoms with van der Waals surface area (Å²) in [5.41, 5.74) is 0. The minimum absolute atomic E-state index is 0.0605. The molecule has 1 heterocycles. The number of likely N-dealkylation sites (tertiary alicyclic amines) is 1. The van der Waals surface area contributed by atoms with Gasteiger partial charge in [-0.3, -0.25) is 0 Å². The Morgan fingerprint density at radius 1 is 0.955 bits per heavy atom. The molecule has 1 atom stereocenters. The van der Waals surface area contributed by atoms with E-state index in [0.717, 1.165) is 32.4 Å². The van der Waals surface area contributed by atoms with Crippen molar-refractivity contribution in [3.05, 3.63) is 0 Å². The standard InChI is InChI=1S/C16H28F5N/c1-2-3-7-12-22-13-8-10-14(22)9-5-4-6-11-15(17,18)16(19,20)21/h14H,2-13H2,1H3. The molecule has 0 radical (unpaired) electrons. The molecule has 0 N–H and O–H groups in total. The second-order valence-corrected chi connectivity index (χ2v) is 6.34. The van der Waals surface area contributed by atoms with Crippen molar-refractivity contribution >= 4 is 0 Å². The van der Waals surface area contributed by atoms with Crippen LogP contribution in [0.4, 0.5) is 22.0 Å². The molecule has 0 saturated carbocycles. The van der Waals surface area contributed by atoms with Gasteiger partial charge in [-0.25, -0.2) is 0 Å². The van der Waals surface area contributed by atoms with Crippen LogP contribution in [0.2, 0.25) is 0 Å². The molecule has 0 aromatic rings. The number of halogens is 5. The maximum Gasteiger partial charge on any atom is 0.453 e. The fourth-order valence-electron chi connectivity index (χ4n) is 3.13. The molecule has 0 aromatic carbocycles. The summed E-state index contributed by atoms with van der Waals surface area (Å²) in [5, 5.41) is 0. The van der Waals surface area contributed by atoms with E-state index in [1.54, 1.807) is 0 Å². The zero-order chi connectivity index (χ0) is 16.6. The van der Waals surface area contributed by atoms with E-state index in [1.165, 1.54) is 25.7 Å². The van der Waals surface area contributed by atoms with Crippen LogP contribution in [0.1, 0.15) is 71.1 Å². The summed E-state index contributed by atoms with van der Waals surface area (Å²) in [5.74, 6) is -4.54. The van der Waals surface area contributed by atoms with Gasteiger partial charge in [0.15, 0.2) is 0 Å². The van der Waals surface area contributed by atoms with Gasteiger partial charge in [-0.15, -0.1) is 0 Å². The lowest BCUT2D eigenvalue weighted by Gasteiger charge is -2.24.